The van der Waals surface area contributed by atoms with Gasteiger partial charge in [0.1, 0.15) is 4.88 Å². The summed E-state index contributed by atoms with van der Waals surface area (Å²) in [5, 5.41) is 4.07. The Morgan fingerprint density at radius 1 is 1.17 bits per heavy atom. The Kier molecular flexibility index (Phi) is 8.52. The molecule has 154 valence electrons. The lowest BCUT2D eigenvalue weighted by Gasteiger charge is -2.36. The van der Waals surface area contributed by atoms with Crippen LogP contribution in [0.2, 0.25) is 0 Å². The summed E-state index contributed by atoms with van der Waals surface area (Å²) in [4.78, 5) is 28.5. The first-order valence-corrected chi connectivity index (χ1v) is 9.91. The summed E-state index contributed by atoms with van der Waals surface area (Å²) in [7, 11) is 0. The van der Waals surface area contributed by atoms with Crippen molar-refractivity contribution in [3.63, 3.8) is 0 Å². The van der Waals surface area contributed by atoms with E-state index in [1.54, 1.807) is 24.7 Å². The molecule has 29 heavy (non-hydrogen) atoms. The molecule has 0 radical (unpaired) electrons. The van der Waals surface area contributed by atoms with Gasteiger partial charge in [-0.1, -0.05) is 31.2 Å². The van der Waals surface area contributed by atoms with Crippen molar-refractivity contribution in [1.82, 2.24) is 25.2 Å². The number of carbonyl (C=O) groups excluding carboxylic acids is 1. The fourth-order valence-electron chi connectivity index (χ4n) is 3.25. The molecule has 9 heteroatoms. The van der Waals surface area contributed by atoms with E-state index in [1.165, 1.54) is 16.9 Å². The van der Waals surface area contributed by atoms with Gasteiger partial charge in [-0.3, -0.25) is 4.79 Å². The van der Waals surface area contributed by atoms with Crippen molar-refractivity contribution in [2.45, 2.75) is 19.4 Å². The highest BCUT2D eigenvalue weighted by atomic mass is 35.5. The van der Waals surface area contributed by atoms with Crippen LogP contribution in [0.25, 0.3) is 10.8 Å². The second-order valence-electron chi connectivity index (χ2n) is 6.42. The number of piperazine rings is 1. The molecule has 3 aromatic rings. The van der Waals surface area contributed by atoms with Crippen LogP contribution in [0.1, 0.15) is 33.8 Å². The highest BCUT2D eigenvalue weighted by molar-refractivity contribution is 7.16. The Labute approximate surface area is 186 Å². The molecular formula is C20H23Cl2N5OS. The number of nitrogens with one attached hydrogen (secondary N) is 1. The first-order chi connectivity index (χ1) is 13.3. The predicted molar refractivity (Wildman–Crippen MR) is 120 cm³/mol. The van der Waals surface area contributed by atoms with Gasteiger partial charge in [0.05, 0.1) is 12.2 Å². The fraction of sp³-hybridized carbons (Fsp3) is 0.300. The largest absolute Gasteiger partial charge is 0.328 e. The quantitative estimate of drug-likeness (QED) is 0.652. The van der Waals surface area contributed by atoms with Crippen molar-refractivity contribution in [2.24, 2.45) is 0 Å². The molecule has 6 nitrogen and oxygen atoms in total. The lowest BCUT2D eigenvalue weighted by atomic mass is 10.0. The van der Waals surface area contributed by atoms with Gasteiger partial charge in [0.15, 0.2) is 10.8 Å². The maximum absolute atomic E-state index is 13.2. The minimum Gasteiger partial charge on any atom is -0.328 e. The van der Waals surface area contributed by atoms with E-state index in [1.807, 2.05) is 4.90 Å². The average molecular weight is 452 g/mol. The average Bonchev–Trinajstić information content (AvgIpc) is 3.24. The molecule has 2 aromatic heterocycles. The van der Waals surface area contributed by atoms with Gasteiger partial charge in [-0.25, -0.2) is 15.0 Å². The Morgan fingerprint density at radius 3 is 2.59 bits per heavy atom. The van der Waals surface area contributed by atoms with Gasteiger partial charge in [0.25, 0.3) is 5.91 Å². The summed E-state index contributed by atoms with van der Waals surface area (Å²) in [6.45, 7) is 4.37. The number of hydrogen-bond donors (Lipinski definition) is 1. The molecule has 1 amide bonds. The molecule has 1 aromatic carbocycles. The molecule has 1 aliphatic rings. The minimum absolute atomic E-state index is 0. The third-order valence-electron chi connectivity index (χ3n) is 4.75. The van der Waals surface area contributed by atoms with Gasteiger partial charge in [0, 0.05) is 32.0 Å². The van der Waals surface area contributed by atoms with Gasteiger partial charge >= 0.3 is 0 Å². The summed E-state index contributed by atoms with van der Waals surface area (Å²) in [6.07, 6.45) is 6.00. The van der Waals surface area contributed by atoms with Crippen molar-refractivity contribution >= 4 is 42.1 Å². The van der Waals surface area contributed by atoms with E-state index in [-0.39, 0.29) is 36.8 Å². The van der Waals surface area contributed by atoms with E-state index in [2.05, 4.69) is 51.5 Å². The minimum atomic E-state index is 0. The van der Waals surface area contributed by atoms with Crippen LogP contribution >= 0.6 is 36.2 Å². The summed E-state index contributed by atoms with van der Waals surface area (Å²) < 4.78 is 0. The van der Waals surface area contributed by atoms with E-state index in [9.17, 15) is 4.79 Å². The number of benzene rings is 1. The Balaban J connectivity index is 0.00000150. The molecule has 1 unspecified atom stereocenters. The molecule has 1 saturated heterocycles. The summed E-state index contributed by atoms with van der Waals surface area (Å²) in [6, 6.07) is 10.3. The second-order valence-corrected chi connectivity index (χ2v) is 7.45. The molecular weight excluding hydrogens is 429 g/mol. The lowest BCUT2D eigenvalue weighted by Crippen LogP contribution is -2.48. The van der Waals surface area contributed by atoms with Crippen molar-refractivity contribution in [3.05, 3.63) is 64.9 Å². The SMILES string of the molecule is CCc1ccc(C2CNCCN2C(=O)c2cnc(-c3ncccn3)s2)cc1.Cl.Cl. The number of thiazole rings is 1. The highest BCUT2D eigenvalue weighted by Gasteiger charge is 2.29. The summed E-state index contributed by atoms with van der Waals surface area (Å²) in [5.41, 5.74) is 2.46. The number of amides is 1. The van der Waals surface area contributed by atoms with E-state index in [0.29, 0.717) is 22.3 Å². The van der Waals surface area contributed by atoms with Crippen LogP contribution in [0.4, 0.5) is 0 Å². The molecule has 1 aliphatic heterocycles. The van der Waals surface area contributed by atoms with Crippen molar-refractivity contribution in [2.75, 3.05) is 19.6 Å². The van der Waals surface area contributed by atoms with Gasteiger partial charge in [-0.2, -0.15) is 0 Å². The normalized spacial score (nSPS) is 15.9. The molecule has 1 fully saturated rings. The van der Waals surface area contributed by atoms with Gasteiger partial charge < -0.3 is 10.2 Å². The second kappa shape index (κ2) is 10.6. The smallest absolute Gasteiger partial charge is 0.266 e. The molecule has 0 saturated carbocycles. The van der Waals surface area contributed by atoms with E-state index in [0.717, 1.165) is 25.1 Å². The zero-order valence-electron chi connectivity index (χ0n) is 15.9. The Hall–Kier alpha value is -2.06. The van der Waals surface area contributed by atoms with E-state index >= 15 is 0 Å². The zero-order valence-corrected chi connectivity index (χ0v) is 18.4. The third-order valence-corrected chi connectivity index (χ3v) is 5.73. The van der Waals surface area contributed by atoms with Crippen molar-refractivity contribution in [1.29, 1.82) is 0 Å². The molecule has 3 heterocycles. The number of hydrogen-bond acceptors (Lipinski definition) is 6. The maximum Gasteiger partial charge on any atom is 0.266 e. The zero-order chi connectivity index (χ0) is 18.6. The molecule has 0 aliphatic carbocycles. The fourth-order valence-corrected chi connectivity index (χ4v) is 4.07. The Bertz CT molecular complexity index is 920. The Morgan fingerprint density at radius 2 is 1.90 bits per heavy atom. The van der Waals surface area contributed by atoms with E-state index < -0.39 is 0 Å². The third kappa shape index (κ3) is 5.11. The lowest BCUT2D eigenvalue weighted by molar-refractivity contribution is 0.0639. The van der Waals surface area contributed by atoms with Crippen LogP contribution in [0.3, 0.4) is 0 Å². The summed E-state index contributed by atoms with van der Waals surface area (Å²) >= 11 is 1.34. The molecule has 1 atom stereocenters. The van der Waals surface area contributed by atoms with E-state index in [4.69, 9.17) is 0 Å². The monoisotopic (exact) mass is 451 g/mol. The highest BCUT2D eigenvalue weighted by Crippen LogP contribution is 2.28. The van der Waals surface area contributed by atoms with Gasteiger partial charge in [0.2, 0.25) is 0 Å². The molecule has 0 spiro atoms. The maximum atomic E-state index is 13.2. The van der Waals surface area contributed by atoms with Crippen molar-refractivity contribution < 1.29 is 4.79 Å². The molecule has 4 rings (SSSR count). The molecule has 0 bridgehead atoms. The number of nitrogens with zero attached hydrogens (tertiary/aromatic N) is 4. The number of halogens is 2. The van der Waals surface area contributed by atoms with Crippen LogP contribution in [0.15, 0.2) is 48.9 Å². The van der Waals surface area contributed by atoms with Gasteiger partial charge in [-0.15, -0.1) is 36.2 Å². The van der Waals surface area contributed by atoms with Gasteiger partial charge in [-0.05, 0) is 23.6 Å². The van der Waals surface area contributed by atoms with Crippen LogP contribution in [-0.2, 0) is 6.42 Å². The first kappa shape index (κ1) is 23.2. The van der Waals surface area contributed by atoms with Crippen LogP contribution in [0.5, 0.6) is 0 Å². The predicted octanol–water partition coefficient (Wildman–Crippen LogP) is 3.79. The summed E-state index contributed by atoms with van der Waals surface area (Å²) in [5.74, 6) is 0.564. The van der Waals surface area contributed by atoms with Crippen LogP contribution in [0, 0.1) is 0 Å². The number of carbonyl (C=O) groups is 1. The number of aromatic nitrogens is 3. The van der Waals surface area contributed by atoms with Crippen LogP contribution < -0.4 is 5.32 Å². The first-order valence-electron chi connectivity index (χ1n) is 9.10. The van der Waals surface area contributed by atoms with Crippen molar-refractivity contribution in [3.8, 4) is 10.8 Å². The number of aryl methyl sites for hydroxylation is 1. The molecule has 1 N–H and O–H groups in total. The number of rotatable bonds is 4. The van der Waals surface area contributed by atoms with Crippen LogP contribution in [-0.4, -0.2) is 45.4 Å². The topological polar surface area (TPSA) is 71.0 Å². The standard InChI is InChI=1S/C20H21N5OS.2ClH/c1-2-14-4-6-15(7-5-14)16-12-21-10-11-25(16)20(26)17-13-24-19(27-17)18-22-8-3-9-23-18;;/h3-9,13,16,21H,2,10-12H2,1H3;2*1H.